The van der Waals surface area contributed by atoms with Gasteiger partial charge in [-0.15, -0.1) is 0 Å². The first-order valence-electron chi connectivity index (χ1n) is 6.57. The van der Waals surface area contributed by atoms with Crippen molar-refractivity contribution < 1.29 is 4.79 Å². The number of H-pyrrole nitrogens is 2. The number of hydrogen-bond donors (Lipinski definition) is 3. The van der Waals surface area contributed by atoms with E-state index < -0.39 is 0 Å². The number of rotatable bonds is 3. The van der Waals surface area contributed by atoms with Crippen molar-refractivity contribution in [3.63, 3.8) is 0 Å². The highest BCUT2D eigenvalue weighted by Gasteiger charge is 2.02. The zero-order valence-electron chi connectivity index (χ0n) is 11.4. The molecule has 22 heavy (non-hydrogen) atoms. The van der Waals surface area contributed by atoms with E-state index in [0.717, 1.165) is 10.0 Å². The van der Waals surface area contributed by atoms with Crippen molar-refractivity contribution in [1.29, 1.82) is 0 Å². The monoisotopic (exact) mass is 357 g/mol. The molecule has 1 aromatic heterocycles. The summed E-state index contributed by atoms with van der Waals surface area (Å²) in [6.07, 6.45) is 3.19. The van der Waals surface area contributed by atoms with Gasteiger partial charge >= 0.3 is 5.69 Å². The van der Waals surface area contributed by atoms with Gasteiger partial charge in [0, 0.05) is 16.2 Å². The van der Waals surface area contributed by atoms with Crippen LogP contribution in [0.2, 0.25) is 0 Å². The van der Waals surface area contributed by atoms with Crippen LogP contribution in [-0.2, 0) is 4.79 Å². The highest BCUT2D eigenvalue weighted by atomic mass is 79.9. The number of halogens is 1. The van der Waals surface area contributed by atoms with Crippen molar-refractivity contribution in [1.82, 2.24) is 9.97 Å². The van der Waals surface area contributed by atoms with Gasteiger partial charge in [-0.3, -0.25) is 4.79 Å². The van der Waals surface area contributed by atoms with Crippen molar-refractivity contribution in [2.45, 2.75) is 0 Å². The lowest BCUT2D eigenvalue weighted by Gasteiger charge is -2.02. The third kappa shape index (κ3) is 3.17. The SMILES string of the molecule is O=C(/C=C/c1ccccc1Br)Nc1ccc2[nH]c(=O)[nH]c2c1. The molecular weight excluding hydrogens is 346 g/mol. The number of amides is 1. The number of anilines is 1. The van der Waals surface area contributed by atoms with Crippen LogP contribution in [0.1, 0.15) is 5.56 Å². The van der Waals surface area contributed by atoms with E-state index in [0.29, 0.717) is 16.7 Å². The molecule has 110 valence electrons. The molecule has 0 atom stereocenters. The van der Waals surface area contributed by atoms with E-state index in [2.05, 4.69) is 31.2 Å². The Labute approximate surface area is 134 Å². The number of carbonyl (C=O) groups excluding carboxylic acids is 1. The van der Waals surface area contributed by atoms with E-state index in [1.54, 1.807) is 24.3 Å². The third-order valence-corrected chi connectivity index (χ3v) is 3.83. The molecule has 3 aromatic rings. The zero-order valence-corrected chi connectivity index (χ0v) is 13.0. The molecule has 0 fully saturated rings. The molecule has 0 unspecified atom stereocenters. The van der Waals surface area contributed by atoms with Crippen molar-refractivity contribution in [2.24, 2.45) is 0 Å². The Morgan fingerprint density at radius 1 is 1.09 bits per heavy atom. The fraction of sp³-hybridized carbons (Fsp3) is 0. The van der Waals surface area contributed by atoms with Crippen LogP contribution in [0.3, 0.4) is 0 Å². The molecule has 3 N–H and O–H groups in total. The average Bonchev–Trinajstić information content (AvgIpc) is 2.86. The predicted molar refractivity (Wildman–Crippen MR) is 90.7 cm³/mol. The fourth-order valence-corrected chi connectivity index (χ4v) is 2.49. The number of hydrogen-bond acceptors (Lipinski definition) is 2. The first-order valence-corrected chi connectivity index (χ1v) is 7.37. The quantitative estimate of drug-likeness (QED) is 0.629. The Kier molecular flexibility index (Phi) is 3.93. The maximum absolute atomic E-state index is 11.9. The van der Waals surface area contributed by atoms with Gasteiger partial charge in [0.05, 0.1) is 11.0 Å². The summed E-state index contributed by atoms with van der Waals surface area (Å²) in [5.41, 5.74) is 2.62. The normalized spacial score (nSPS) is 11.1. The number of carbonyl (C=O) groups is 1. The van der Waals surface area contributed by atoms with Gasteiger partial charge in [0.1, 0.15) is 0 Å². The summed E-state index contributed by atoms with van der Waals surface area (Å²) in [6, 6.07) is 12.8. The van der Waals surface area contributed by atoms with Crippen LogP contribution in [0.25, 0.3) is 17.1 Å². The zero-order chi connectivity index (χ0) is 15.5. The van der Waals surface area contributed by atoms with E-state index in [-0.39, 0.29) is 11.6 Å². The van der Waals surface area contributed by atoms with Crippen LogP contribution < -0.4 is 11.0 Å². The molecule has 0 aliphatic carbocycles. The standard InChI is InChI=1S/C16H12BrN3O2/c17-12-4-2-1-3-10(12)5-8-15(21)18-11-6-7-13-14(9-11)20-16(22)19-13/h1-9H,(H,18,21)(H2,19,20,22)/b8-5+. The van der Waals surface area contributed by atoms with Crippen LogP contribution in [-0.4, -0.2) is 15.9 Å². The number of aromatic amines is 2. The van der Waals surface area contributed by atoms with Gasteiger partial charge in [0.15, 0.2) is 0 Å². The van der Waals surface area contributed by atoms with Crippen molar-refractivity contribution in [2.75, 3.05) is 5.32 Å². The minimum absolute atomic E-state index is 0.243. The predicted octanol–water partition coefficient (Wildman–Crippen LogP) is 3.27. The smallest absolute Gasteiger partial charge is 0.322 e. The van der Waals surface area contributed by atoms with Gasteiger partial charge in [0.25, 0.3) is 0 Å². The molecule has 0 spiro atoms. The highest BCUT2D eigenvalue weighted by molar-refractivity contribution is 9.10. The lowest BCUT2D eigenvalue weighted by molar-refractivity contribution is -0.111. The van der Waals surface area contributed by atoms with E-state index in [9.17, 15) is 9.59 Å². The van der Waals surface area contributed by atoms with Crippen LogP contribution >= 0.6 is 15.9 Å². The molecule has 1 amide bonds. The third-order valence-electron chi connectivity index (χ3n) is 3.10. The van der Waals surface area contributed by atoms with E-state index in [1.165, 1.54) is 6.08 Å². The Hall–Kier alpha value is -2.60. The number of imidazole rings is 1. The Morgan fingerprint density at radius 2 is 1.86 bits per heavy atom. The second-order valence-corrected chi connectivity index (χ2v) is 5.54. The fourth-order valence-electron chi connectivity index (χ4n) is 2.07. The van der Waals surface area contributed by atoms with Gasteiger partial charge in [-0.05, 0) is 35.9 Å². The summed E-state index contributed by atoms with van der Waals surface area (Å²) >= 11 is 3.42. The second-order valence-electron chi connectivity index (χ2n) is 4.68. The number of nitrogens with one attached hydrogen (secondary N) is 3. The second kappa shape index (κ2) is 6.03. The van der Waals surface area contributed by atoms with Crippen molar-refractivity contribution >= 4 is 44.6 Å². The summed E-state index contributed by atoms with van der Waals surface area (Å²) < 4.78 is 0.922. The number of benzene rings is 2. The van der Waals surface area contributed by atoms with Crippen molar-refractivity contribution in [3.05, 3.63) is 69.1 Å². The molecule has 5 nitrogen and oxygen atoms in total. The molecular formula is C16H12BrN3O2. The van der Waals surface area contributed by atoms with Crippen LogP contribution in [0.5, 0.6) is 0 Å². The summed E-state index contributed by atoms with van der Waals surface area (Å²) in [4.78, 5) is 28.4. The average molecular weight is 358 g/mol. The summed E-state index contributed by atoms with van der Waals surface area (Å²) in [5.74, 6) is -0.243. The molecule has 0 aliphatic rings. The Bertz CT molecular complexity index is 924. The van der Waals surface area contributed by atoms with Gasteiger partial charge in [-0.25, -0.2) is 4.79 Å². The summed E-state index contributed by atoms with van der Waals surface area (Å²) in [7, 11) is 0. The first-order chi connectivity index (χ1) is 10.6. The minimum atomic E-state index is -0.271. The van der Waals surface area contributed by atoms with E-state index >= 15 is 0 Å². The minimum Gasteiger partial charge on any atom is -0.322 e. The summed E-state index contributed by atoms with van der Waals surface area (Å²) in [6.45, 7) is 0. The maximum atomic E-state index is 11.9. The molecule has 6 heteroatoms. The van der Waals surface area contributed by atoms with E-state index in [1.807, 2.05) is 24.3 Å². The molecule has 1 heterocycles. The molecule has 0 aliphatic heterocycles. The highest BCUT2D eigenvalue weighted by Crippen LogP contribution is 2.18. The maximum Gasteiger partial charge on any atom is 0.323 e. The topological polar surface area (TPSA) is 77.8 Å². The van der Waals surface area contributed by atoms with E-state index in [4.69, 9.17) is 0 Å². The summed E-state index contributed by atoms with van der Waals surface area (Å²) in [5, 5.41) is 2.76. The molecule has 3 rings (SSSR count). The lowest BCUT2D eigenvalue weighted by atomic mass is 10.2. The van der Waals surface area contributed by atoms with Crippen LogP contribution in [0, 0.1) is 0 Å². The molecule has 0 saturated carbocycles. The lowest BCUT2D eigenvalue weighted by Crippen LogP contribution is -2.07. The van der Waals surface area contributed by atoms with Crippen LogP contribution in [0.4, 0.5) is 5.69 Å². The molecule has 2 aromatic carbocycles. The number of aromatic nitrogens is 2. The van der Waals surface area contributed by atoms with Gasteiger partial charge in [-0.1, -0.05) is 34.1 Å². The first kappa shape index (κ1) is 14.3. The van der Waals surface area contributed by atoms with Gasteiger partial charge < -0.3 is 15.3 Å². The molecule has 0 radical (unpaired) electrons. The largest absolute Gasteiger partial charge is 0.323 e. The van der Waals surface area contributed by atoms with Gasteiger partial charge in [0.2, 0.25) is 5.91 Å². The molecule has 0 bridgehead atoms. The van der Waals surface area contributed by atoms with Crippen LogP contribution in [0.15, 0.2) is 57.8 Å². The number of fused-ring (bicyclic) bond motifs is 1. The Balaban J connectivity index is 1.75. The Morgan fingerprint density at radius 3 is 2.68 bits per heavy atom. The molecule has 0 saturated heterocycles. The van der Waals surface area contributed by atoms with Gasteiger partial charge in [-0.2, -0.15) is 0 Å². The van der Waals surface area contributed by atoms with Crippen molar-refractivity contribution in [3.8, 4) is 0 Å².